The van der Waals surface area contributed by atoms with E-state index in [0.29, 0.717) is 18.8 Å². The van der Waals surface area contributed by atoms with Gasteiger partial charge in [-0.1, -0.05) is 12.1 Å². The number of hydrogen-bond donors (Lipinski definition) is 2. The molecular formula is C14H22N2O4S. The van der Waals surface area contributed by atoms with E-state index in [1.165, 1.54) is 4.31 Å². The largest absolute Gasteiger partial charge is 0.497 e. The molecule has 1 unspecified atom stereocenters. The van der Waals surface area contributed by atoms with E-state index in [-0.39, 0.29) is 19.1 Å². The van der Waals surface area contributed by atoms with E-state index >= 15 is 0 Å². The summed E-state index contributed by atoms with van der Waals surface area (Å²) in [5, 5.41) is 9.18. The highest BCUT2D eigenvalue weighted by Gasteiger charge is 2.28. The lowest BCUT2D eigenvalue weighted by Gasteiger charge is -2.30. The van der Waals surface area contributed by atoms with Gasteiger partial charge in [-0.15, -0.1) is 0 Å². The summed E-state index contributed by atoms with van der Waals surface area (Å²) in [5.41, 5.74) is 0.841. The zero-order valence-corrected chi connectivity index (χ0v) is 13.0. The lowest BCUT2D eigenvalue weighted by molar-refractivity contribution is 0.164. The lowest BCUT2D eigenvalue weighted by atomic mass is 10.0. The summed E-state index contributed by atoms with van der Waals surface area (Å²) in [5.74, 6) is 0.733. The second kappa shape index (κ2) is 7.22. The van der Waals surface area contributed by atoms with E-state index in [9.17, 15) is 13.5 Å². The molecule has 1 atom stereocenters. The van der Waals surface area contributed by atoms with Crippen LogP contribution in [0.2, 0.25) is 0 Å². The zero-order valence-electron chi connectivity index (χ0n) is 12.2. The van der Waals surface area contributed by atoms with Crippen LogP contribution in [0.5, 0.6) is 5.75 Å². The minimum absolute atomic E-state index is 0.0297. The van der Waals surface area contributed by atoms with Crippen molar-refractivity contribution >= 4 is 10.2 Å². The van der Waals surface area contributed by atoms with Crippen LogP contribution in [0.3, 0.4) is 0 Å². The van der Waals surface area contributed by atoms with Gasteiger partial charge in [-0.3, -0.25) is 0 Å². The van der Waals surface area contributed by atoms with E-state index in [2.05, 4.69) is 4.72 Å². The Morgan fingerprint density at radius 1 is 1.48 bits per heavy atom. The highest BCUT2D eigenvalue weighted by Crippen LogP contribution is 2.18. The van der Waals surface area contributed by atoms with Crippen LogP contribution in [0.25, 0.3) is 0 Å². The van der Waals surface area contributed by atoms with E-state index in [4.69, 9.17) is 4.74 Å². The standard InChI is InChI=1S/C14H22N2O4S/c1-20-14-6-2-4-12(8-14)9-15-21(18,19)16-7-3-5-13(10-16)11-17/h2,4,6,8,13,15,17H,3,5,7,9-11H2,1H3. The first kappa shape index (κ1) is 16.2. The number of rotatable bonds is 6. The van der Waals surface area contributed by atoms with Crippen LogP contribution in [0.15, 0.2) is 24.3 Å². The summed E-state index contributed by atoms with van der Waals surface area (Å²) in [6.45, 7) is 1.13. The molecular weight excluding hydrogens is 292 g/mol. The van der Waals surface area contributed by atoms with Crippen molar-refractivity contribution < 1.29 is 18.3 Å². The normalized spacial score (nSPS) is 20.4. The molecule has 0 amide bonds. The maximum atomic E-state index is 12.3. The lowest BCUT2D eigenvalue weighted by Crippen LogP contribution is -2.46. The number of aliphatic hydroxyl groups excluding tert-OH is 1. The second-order valence-corrected chi connectivity index (χ2v) is 6.98. The van der Waals surface area contributed by atoms with Crippen LogP contribution in [-0.2, 0) is 16.8 Å². The topological polar surface area (TPSA) is 78.9 Å². The van der Waals surface area contributed by atoms with Gasteiger partial charge in [-0.2, -0.15) is 17.4 Å². The maximum Gasteiger partial charge on any atom is 0.279 e. The molecule has 0 spiro atoms. The molecule has 0 bridgehead atoms. The minimum Gasteiger partial charge on any atom is -0.497 e. The molecule has 0 radical (unpaired) electrons. The Morgan fingerprint density at radius 3 is 3.00 bits per heavy atom. The molecule has 1 aromatic rings. The first-order chi connectivity index (χ1) is 10.0. The van der Waals surface area contributed by atoms with Crippen LogP contribution in [-0.4, -0.2) is 44.6 Å². The smallest absolute Gasteiger partial charge is 0.279 e. The van der Waals surface area contributed by atoms with Crippen molar-refractivity contribution in [2.24, 2.45) is 5.92 Å². The molecule has 21 heavy (non-hydrogen) atoms. The second-order valence-electron chi connectivity index (χ2n) is 5.23. The third-order valence-corrected chi connectivity index (χ3v) is 5.19. The Labute approximate surface area is 125 Å². The van der Waals surface area contributed by atoms with E-state index in [1.54, 1.807) is 13.2 Å². The number of nitrogens with one attached hydrogen (secondary N) is 1. The SMILES string of the molecule is COc1cccc(CNS(=O)(=O)N2CCCC(CO)C2)c1. The molecule has 1 aliphatic heterocycles. The highest BCUT2D eigenvalue weighted by molar-refractivity contribution is 7.87. The van der Waals surface area contributed by atoms with Crippen LogP contribution in [0.4, 0.5) is 0 Å². The van der Waals surface area contributed by atoms with Crippen LogP contribution < -0.4 is 9.46 Å². The molecule has 1 aromatic carbocycles. The molecule has 2 rings (SSSR count). The maximum absolute atomic E-state index is 12.3. The Morgan fingerprint density at radius 2 is 2.29 bits per heavy atom. The highest BCUT2D eigenvalue weighted by atomic mass is 32.2. The van der Waals surface area contributed by atoms with Crippen molar-refractivity contribution in [3.8, 4) is 5.75 Å². The molecule has 1 fully saturated rings. The van der Waals surface area contributed by atoms with Gasteiger partial charge in [-0.25, -0.2) is 0 Å². The average Bonchev–Trinajstić information content (AvgIpc) is 2.53. The minimum atomic E-state index is -3.51. The number of aliphatic hydroxyl groups is 1. The van der Waals surface area contributed by atoms with E-state index in [1.807, 2.05) is 18.2 Å². The summed E-state index contributed by atoms with van der Waals surface area (Å²) in [4.78, 5) is 0. The molecule has 1 heterocycles. The summed E-state index contributed by atoms with van der Waals surface area (Å²) in [6, 6.07) is 7.28. The van der Waals surface area contributed by atoms with Crippen molar-refractivity contribution in [1.82, 2.24) is 9.03 Å². The van der Waals surface area contributed by atoms with Crippen molar-refractivity contribution in [2.45, 2.75) is 19.4 Å². The summed E-state index contributed by atoms with van der Waals surface area (Å²) in [6.07, 6.45) is 1.66. The van der Waals surface area contributed by atoms with Crippen LogP contribution >= 0.6 is 0 Å². The molecule has 1 saturated heterocycles. The monoisotopic (exact) mass is 314 g/mol. The first-order valence-corrected chi connectivity index (χ1v) is 8.47. The fraction of sp³-hybridized carbons (Fsp3) is 0.571. The molecule has 7 heteroatoms. The fourth-order valence-electron chi connectivity index (χ4n) is 2.44. The first-order valence-electron chi connectivity index (χ1n) is 7.03. The average molecular weight is 314 g/mol. The molecule has 0 saturated carbocycles. The Bertz CT molecular complexity index is 562. The van der Waals surface area contributed by atoms with Gasteiger partial charge in [0.25, 0.3) is 10.2 Å². The predicted octanol–water partition coefficient (Wildman–Crippen LogP) is 0.734. The quantitative estimate of drug-likeness (QED) is 0.811. The van der Waals surface area contributed by atoms with Gasteiger partial charge in [0.05, 0.1) is 7.11 Å². The molecule has 0 aliphatic carbocycles. The number of piperidine rings is 1. The Kier molecular flexibility index (Phi) is 5.58. The fourth-order valence-corrected chi connectivity index (χ4v) is 3.75. The van der Waals surface area contributed by atoms with Gasteiger partial charge in [0, 0.05) is 26.2 Å². The number of methoxy groups -OCH3 is 1. The number of hydrogen-bond acceptors (Lipinski definition) is 4. The number of nitrogens with zero attached hydrogens (tertiary/aromatic N) is 1. The van der Waals surface area contributed by atoms with Crippen molar-refractivity contribution in [1.29, 1.82) is 0 Å². The van der Waals surface area contributed by atoms with E-state index in [0.717, 1.165) is 18.4 Å². The molecule has 0 aromatic heterocycles. The Balaban J connectivity index is 1.97. The van der Waals surface area contributed by atoms with E-state index < -0.39 is 10.2 Å². The zero-order chi connectivity index (χ0) is 15.3. The van der Waals surface area contributed by atoms with Crippen molar-refractivity contribution in [3.05, 3.63) is 29.8 Å². The molecule has 1 aliphatic rings. The van der Waals surface area contributed by atoms with Crippen LogP contribution in [0.1, 0.15) is 18.4 Å². The Hall–Kier alpha value is -1.15. The van der Waals surface area contributed by atoms with Gasteiger partial charge in [0.2, 0.25) is 0 Å². The predicted molar refractivity (Wildman–Crippen MR) is 80.1 cm³/mol. The van der Waals surface area contributed by atoms with Crippen LogP contribution in [0, 0.1) is 5.92 Å². The van der Waals surface area contributed by atoms with Crippen molar-refractivity contribution in [3.63, 3.8) is 0 Å². The summed E-state index contributed by atoms with van der Waals surface area (Å²) >= 11 is 0. The summed E-state index contributed by atoms with van der Waals surface area (Å²) in [7, 11) is -1.94. The van der Waals surface area contributed by atoms with Gasteiger partial charge < -0.3 is 9.84 Å². The molecule has 2 N–H and O–H groups in total. The van der Waals surface area contributed by atoms with Gasteiger partial charge in [-0.05, 0) is 36.5 Å². The molecule has 118 valence electrons. The third-order valence-electron chi connectivity index (χ3n) is 3.67. The van der Waals surface area contributed by atoms with Gasteiger partial charge in [0.1, 0.15) is 5.75 Å². The number of ether oxygens (including phenoxy) is 1. The van der Waals surface area contributed by atoms with Gasteiger partial charge in [0.15, 0.2) is 0 Å². The number of benzene rings is 1. The molecule has 6 nitrogen and oxygen atoms in total. The van der Waals surface area contributed by atoms with Crippen molar-refractivity contribution in [2.75, 3.05) is 26.8 Å². The van der Waals surface area contributed by atoms with Gasteiger partial charge >= 0.3 is 0 Å². The summed E-state index contributed by atoms with van der Waals surface area (Å²) < 4.78 is 33.7. The third kappa shape index (κ3) is 4.41.